The molecule has 32 heavy (non-hydrogen) atoms. The normalized spacial score (nSPS) is 19.0. The van der Waals surface area contributed by atoms with Gasteiger partial charge in [-0.05, 0) is 52.2 Å². The van der Waals surface area contributed by atoms with Gasteiger partial charge in [-0.1, -0.05) is 0 Å². The average molecular weight is 457 g/mol. The van der Waals surface area contributed by atoms with Crippen molar-refractivity contribution in [1.82, 2.24) is 14.8 Å². The number of nitrogens with zero attached hydrogens (tertiary/aromatic N) is 4. The van der Waals surface area contributed by atoms with Crippen molar-refractivity contribution in [2.45, 2.75) is 51.8 Å². The van der Waals surface area contributed by atoms with Gasteiger partial charge in [-0.3, -0.25) is 4.79 Å². The van der Waals surface area contributed by atoms with Crippen LogP contribution in [-0.2, 0) is 15.7 Å². The molecular formula is C22H31F3N4O3. The lowest BCUT2D eigenvalue weighted by Crippen LogP contribution is -2.46. The molecule has 3 rings (SSSR count). The van der Waals surface area contributed by atoms with Crippen LogP contribution in [0.25, 0.3) is 0 Å². The van der Waals surface area contributed by atoms with Gasteiger partial charge in [0, 0.05) is 51.4 Å². The number of aromatic nitrogens is 1. The highest BCUT2D eigenvalue weighted by Gasteiger charge is 2.33. The number of anilines is 1. The first kappa shape index (κ1) is 24.1. The molecule has 0 N–H and O–H groups in total. The van der Waals surface area contributed by atoms with Crippen molar-refractivity contribution >= 4 is 17.8 Å². The van der Waals surface area contributed by atoms with Gasteiger partial charge >= 0.3 is 12.3 Å². The van der Waals surface area contributed by atoms with Gasteiger partial charge < -0.3 is 19.4 Å². The fraction of sp³-hybridized carbons (Fsp3) is 0.682. The topological polar surface area (TPSA) is 66.0 Å². The molecular weight excluding hydrogens is 425 g/mol. The fourth-order valence-electron chi connectivity index (χ4n) is 4.00. The van der Waals surface area contributed by atoms with Crippen LogP contribution in [-0.4, -0.2) is 71.7 Å². The smallest absolute Gasteiger partial charge is 0.417 e. The molecule has 0 spiro atoms. The molecule has 2 amide bonds. The number of carbonyl (C=O) groups is 2. The van der Waals surface area contributed by atoms with E-state index in [1.54, 1.807) is 4.90 Å². The van der Waals surface area contributed by atoms with Gasteiger partial charge in [0.1, 0.15) is 11.4 Å². The minimum atomic E-state index is -4.41. The van der Waals surface area contributed by atoms with Crippen LogP contribution in [0.15, 0.2) is 18.3 Å². The number of ether oxygens (including phenoxy) is 1. The zero-order valence-electron chi connectivity index (χ0n) is 18.8. The first-order chi connectivity index (χ1) is 14.9. The summed E-state index contributed by atoms with van der Waals surface area (Å²) >= 11 is 0. The minimum absolute atomic E-state index is 0.0797. The molecule has 0 radical (unpaired) electrons. The molecule has 7 nitrogen and oxygen atoms in total. The minimum Gasteiger partial charge on any atom is -0.444 e. The van der Waals surface area contributed by atoms with Crippen LogP contribution in [0.2, 0.25) is 0 Å². The van der Waals surface area contributed by atoms with E-state index in [2.05, 4.69) is 4.98 Å². The van der Waals surface area contributed by atoms with Gasteiger partial charge in [0.25, 0.3) is 0 Å². The molecule has 2 saturated heterocycles. The number of piperidine rings is 1. The Morgan fingerprint density at radius 1 is 0.969 bits per heavy atom. The van der Waals surface area contributed by atoms with Crippen LogP contribution >= 0.6 is 0 Å². The maximum Gasteiger partial charge on any atom is 0.417 e. The summed E-state index contributed by atoms with van der Waals surface area (Å²) in [5, 5.41) is 0. The Hall–Kier alpha value is -2.52. The van der Waals surface area contributed by atoms with Crippen LogP contribution < -0.4 is 4.90 Å². The monoisotopic (exact) mass is 456 g/mol. The van der Waals surface area contributed by atoms with Gasteiger partial charge in [0.15, 0.2) is 0 Å². The summed E-state index contributed by atoms with van der Waals surface area (Å²) in [7, 11) is 0. The van der Waals surface area contributed by atoms with Crippen molar-refractivity contribution in [3.05, 3.63) is 23.9 Å². The van der Waals surface area contributed by atoms with Gasteiger partial charge in [0.2, 0.25) is 5.91 Å². The van der Waals surface area contributed by atoms with E-state index in [0.717, 1.165) is 12.3 Å². The summed E-state index contributed by atoms with van der Waals surface area (Å²) in [6.07, 6.45) is -2.01. The number of carbonyl (C=O) groups excluding carboxylic acids is 2. The Morgan fingerprint density at radius 3 is 2.22 bits per heavy atom. The lowest BCUT2D eigenvalue weighted by atomic mass is 9.95. The zero-order valence-corrected chi connectivity index (χ0v) is 18.8. The second-order valence-electron chi connectivity index (χ2n) is 9.31. The van der Waals surface area contributed by atoms with E-state index >= 15 is 0 Å². The molecule has 10 heteroatoms. The fourth-order valence-corrected chi connectivity index (χ4v) is 4.00. The summed E-state index contributed by atoms with van der Waals surface area (Å²) in [5.41, 5.74) is -1.32. The molecule has 178 valence electrons. The maximum atomic E-state index is 13.0. The Kier molecular flexibility index (Phi) is 7.19. The first-order valence-corrected chi connectivity index (χ1v) is 11.0. The van der Waals surface area contributed by atoms with Crippen LogP contribution in [0, 0.1) is 5.92 Å². The predicted octanol–water partition coefficient (Wildman–Crippen LogP) is 3.79. The number of rotatable bonds is 2. The molecule has 2 fully saturated rings. The highest BCUT2D eigenvalue weighted by Crippen LogP contribution is 2.29. The van der Waals surface area contributed by atoms with E-state index < -0.39 is 17.3 Å². The Balaban J connectivity index is 1.51. The summed E-state index contributed by atoms with van der Waals surface area (Å²) in [4.78, 5) is 34.6. The summed E-state index contributed by atoms with van der Waals surface area (Å²) in [6, 6.07) is 2.42. The van der Waals surface area contributed by atoms with E-state index in [4.69, 9.17) is 4.74 Å². The van der Waals surface area contributed by atoms with E-state index in [-0.39, 0.29) is 17.9 Å². The van der Waals surface area contributed by atoms with Gasteiger partial charge in [-0.15, -0.1) is 0 Å². The number of halogens is 3. The van der Waals surface area contributed by atoms with E-state index in [1.165, 1.54) is 6.07 Å². The number of pyridine rings is 1. The predicted molar refractivity (Wildman–Crippen MR) is 113 cm³/mol. The lowest BCUT2D eigenvalue weighted by Gasteiger charge is -2.34. The molecule has 3 heterocycles. The Bertz CT molecular complexity index is 800. The first-order valence-electron chi connectivity index (χ1n) is 11.0. The van der Waals surface area contributed by atoms with Crippen molar-refractivity contribution in [3.8, 4) is 0 Å². The van der Waals surface area contributed by atoms with E-state index in [9.17, 15) is 22.8 Å². The number of hydrogen-bond acceptors (Lipinski definition) is 5. The highest BCUT2D eigenvalue weighted by atomic mass is 19.4. The number of hydrogen-bond donors (Lipinski definition) is 0. The van der Waals surface area contributed by atoms with E-state index in [0.29, 0.717) is 64.3 Å². The van der Waals surface area contributed by atoms with Crippen molar-refractivity contribution in [2.75, 3.05) is 44.2 Å². The maximum absolute atomic E-state index is 13.0. The van der Waals surface area contributed by atoms with Crippen molar-refractivity contribution in [3.63, 3.8) is 0 Å². The number of alkyl halides is 3. The van der Waals surface area contributed by atoms with Crippen LogP contribution in [0.1, 0.15) is 45.6 Å². The largest absolute Gasteiger partial charge is 0.444 e. The molecule has 0 aliphatic carbocycles. The van der Waals surface area contributed by atoms with Crippen molar-refractivity contribution < 1.29 is 27.5 Å². The lowest BCUT2D eigenvalue weighted by molar-refractivity contribution is -0.138. The molecule has 1 aromatic heterocycles. The molecule has 2 aliphatic heterocycles. The SMILES string of the molecule is CC(C)(C)OC(=O)N1CCC(C(=O)N2CCCN(c3ccc(C(F)(F)F)cn3)CC2)CC1. The van der Waals surface area contributed by atoms with Gasteiger partial charge in [-0.25, -0.2) is 9.78 Å². The molecule has 0 unspecified atom stereocenters. The second kappa shape index (κ2) is 9.54. The second-order valence-corrected chi connectivity index (χ2v) is 9.31. The van der Waals surface area contributed by atoms with Crippen molar-refractivity contribution in [1.29, 1.82) is 0 Å². The van der Waals surface area contributed by atoms with Crippen LogP contribution in [0.5, 0.6) is 0 Å². The molecule has 1 aromatic rings. The standard InChI is InChI=1S/C22H31F3N4O3/c1-21(2,3)32-20(31)29-11-7-16(8-12-29)19(30)28-10-4-9-27(13-14-28)18-6-5-17(15-26-18)22(23,24)25/h5-6,15-16H,4,7-14H2,1-3H3. The third-order valence-electron chi connectivity index (χ3n) is 5.70. The van der Waals surface area contributed by atoms with Gasteiger partial charge in [0.05, 0.1) is 5.56 Å². The van der Waals surface area contributed by atoms with Crippen LogP contribution in [0.4, 0.5) is 23.8 Å². The number of amides is 2. The average Bonchev–Trinajstić information content (AvgIpc) is 2.98. The summed E-state index contributed by atoms with van der Waals surface area (Å²) in [6.45, 7) is 8.68. The van der Waals surface area contributed by atoms with E-state index in [1.807, 2.05) is 30.6 Å². The number of likely N-dealkylation sites (tertiary alicyclic amines) is 1. The Morgan fingerprint density at radius 2 is 1.66 bits per heavy atom. The Labute approximate surface area is 186 Å². The van der Waals surface area contributed by atoms with Gasteiger partial charge in [-0.2, -0.15) is 13.2 Å². The third-order valence-corrected chi connectivity index (χ3v) is 5.70. The van der Waals surface area contributed by atoms with Crippen molar-refractivity contribution in [2.24, 2.45) is 5.92 Å². The zero-order chi connectivity index (χ0) is 23.5. The highest BCUT2D eigenvalue weighted by molar-refractivity contribution is 5.79. The molecule has 0 saturated carbocycles. The molecule has 0 aromatic carbocycles. The summed E-state index contributed by atoms with van der Waals surface area (Å²) in [5.74, 6) is 0.429. The quantitative estimate of drug-likeness (QED) is 0.678. The molecule has 2 aliphatic rings. The van der Waals surface area contributed by atoms with Crippen LogP contribution in [0.3, 0.4) is 0 Å². The molecule has 0 atom stereocenters. The molecule has 0 bridgehead atoms. The summed E-state index contributed by atoms with van der Waals surface area (Å²) < 4.78 is 43.7. The third kappa shape index (κ3) is 6.26.